The third-order valence-corrected chi connectivity index (χ3v) is 3.72. The number of ether oxygens (including phenoxy) is 3. The summed E-state index contributed by atoms with van der Waals surface area (Å²) in [4.78, 5) is 35.6. The largest absolute Gasteiger partial charge is 0.492 e. The minimum absolute atomic E-state index is 0.0353. The highest BCUT2D eigenvalue weighted by molar-refractivity contribution is 6.25. The van der Waals surface area contributed by atoms with Gasteiger partial charge in [-0.15, -0.1) is 0 Å². The molecule has 0 saturated heterocycles. The second-order valence-electron chi connectivity index (χ2n) is 5.50. The fraction of sp³-hybridized carbons (Fsp3) is 0.412. The van der Waals surface area contributed by atoms with Gasteiger partial charge in [-0.2, -0.15) is 0 Å². The van der Waals surface area contributed by atoms with Crippen molar-refractivity contribution in [1.29, 1.82) is 0 Å². The van der Waals surface area contributed by atoms with Crippen molar-refractivity contribution in [3.63, 3.8) is 0 Å². The van der Waals surface area contributed by atoms with E-state index in [1.807, 2.05) is 0 Å². The summed E-state index contributed by atoms with van der Waals surface area (Å²) in [5.74, 6) is -1.78. The van der Waals surface area contributed by atoms with Crippen LogP contribution in [0, 0.1) is 10.1 Å². The standard InChI is InChI=1S/C17H20N2O7/c1-4-26-17(21)12(9-18-10-5-6-10)14(20)11-7-8-13(19(22)23)16(25-3)15(11)24-2/h7-10,18H,4-6H2,1-3H3/b12-9-. The number of rotatable bonds is 9. The summed E-state index contributed by atoms with van der Waals surface area (Å²) in [6.07, 6.45) is 3.23. The summed E-state index contributed by atoms with van der Waals surface area (Å²) in [5.41, 5.74) is -0.599. The van der Waals surface area contributed by atoms with E-state index in [9.17, 15) is 19.7 Å². The maximum Gasteiger partial charge on any atom is 0.343 e. The highest BCUT2D eigenvalue weighted by Crippen LogP contribution is 2.40. The fourth-order valence-corrected chi connectivity index (χ4v) is 2.30. The van der Waals surface area contributed by atoms with Gasteiger partial charge in [0, 0.05) is 18.3 Å². The van der Waals surface area contributed by atoms with Gasteiger partial charge in [0.1, 0.15) is 5.57 Å². The molecule has 1 aromatic rings. The van der Waals surface area contributed by atoms with E-state index in [-0.39, 0.29) is 41.0 Å². The van der Waals surface area contributed by atoms with E-state index in [2.05, 4.69) is 5.32 Å². The number of hydrogen-bond donors (Lipinski definition) is 1. The highest BCUT2D eigenvalue weighted by Gasteiger charge is 2.30. The maximum absolute atomic E-state index is 12.9. The number of esters is 1. The summed E-state index contributed by atoms with van der Waals surface area (Å²) >= 11 is 0. The van der Waals surface area contributed by atoms with Gasteiger partial charge in [-0.05, 0) is 25.8 Å². The highest BCUT2D eigenvalue weighted by atomic mass is 16.6. The number of ketones is 1. The predicted octanol–water partition coefficient (Wildman–Crippen LogP) is 1.99. The molecule has 1 saturated carbocycles. The Morgan fingerprint density at radius 1 is 1.27 bits per heavy atom. The van der Waals surface area contributed by atoms with Crippen LogP contribution in [0.3, 0.4) is 0 Å². The second-order valence-corrected chi connectivity index (χ2v) is 5.50. The lowest BCUT2D eigenvalue weighted by Crippen LogP contribution is -2.21. The molecule has 1 aliphatic carbocycles. The Balaban J connectivity index is 2.48. The zero-order valence-electron chi connectivity index (χ0n) is 14.7. The van der Waals surface area contributed by atoms with Crippen LogP contribution in [0.4, 0.5) is 5.69 Å². The van der Waals surface area contributed by atoms with Gasteiger partial charge in [-0.25, -0.2) is 4.79 Å². The van der Waals surface area contributed by atoms with Crippen molar-refractivity contribution in [3.05, 3.63) is 39.6 Å². The van der Waals surface area contributed by atoms with E-state index in [0.29, 0.717) is 0 Å². The van der Waals surface area contributed by atoms with Crippen molar-refractivity contribution in [2.24, 2.45) is 0 Å². The Kier molecular flexibility index (Phi) is 6.16. The van der Waals surface area contributed by atoms with Gasteiger partial charge < -0.3 is 19.5 Å². The number of nitro benzene ring substituents is 1. The zero-order valence-corrected chi connectivity index (χ0v) is 14.7. The molecule has 0 unspecified atom stereocenters. The number of hydrogen-bond acceptors (Lipinski definition) is 8. The van der Waals surface area contributed by atoms with Gasteiger partial charge in [-0.3, -0.25) is 14.9 Å². The van der Waals surface area contributed by atoms with Gasteiger partial charge >= 0.3 is 11.7 Å². The number of Topliss-reactive ketones (excluding diaryl/α,β-unsaturated/α-hetero) is 1. The molecular formula is C17H20N2O7. The lowest BCUT2D eigenvalue weighted by atomic mass is 10.0. The molecule has 0 atom stereocenters. The first kappa shape index (κ1) is 19.2. The molecule has 1 aromatic carbocycles. The Morgan fingerprint density at radius 3 is 2.42 bits per heavy atom. The molecule has 1 fully saturated rings. The molecule has 0 spiro atoms. The van der Waals surface area contributed by atoms with Crippen LogP contribution in [0.15, 0.2) is 23.9 Å². The number of nitro groups is 1. The van der Waals surface area contributed by atoms with Crippen LogP contribution in [0.25, 0.3) is 0 Å². The molecule has 0 heterocycles. The van der Waals surface area contributed by atoms with Crippen LogP contribution >= 0.6 is 0 Å². The summed E-state index contributed by atoms with van der Waals surface area (Å²) in [7, 11) is 2.49. The van der Waals surface area contributed by atoms with Gasteiger partial charge in [0.25, 0.3) is 0 Å². The van der Waals surface area contributed by atoms with E-state index in [1.165, 1.54) is 26.5 Å². The predicted molar refractivity (Wildman–Crippen MR) is 91.4 cm³/mol. The quantitative estimate of drug-likeness (QED) is 0.134. The molecule has 9 heteroatoms. The first-order chi connectivity index (χ1) is 12.4. The summed E-state index contributed by atoms with van der Waals surface area (Å²) in [6, 6.07) is 2.58. The zero-order chi connectivity index (χ0) is 19.3. The third kappa shape index (κ3) is 4.11. The number of benzene rings is 1. The van der Waals surface area contributed by atoms with Crippen LogP contribution in [-0.4, -0.2) is 43.5 Å². The molecule has 1 aliphatic rings. The van der Waals surface area contributed by atoms with E-state index < -0.39 is 16.7 Å². The van der Waals surface area contributed by atoms with Gasteiger partial charge in [0.05, 0.1) is 31.3 Å². The van der Waals surface area contributed by atoms with Crippen LogP contribution in [0.1, 0.15) is 30.1 Å². The SMILES string of the molecule is CCOC(=O)/C(=C\NC1CC1)C(=O)c1ccc([N+](=O)[O-])c(OC)c1OC. The van der Waals surface area contributed by atoms with Crippen molar-refractivity contribution in [3.8, 4) is 11.5 Å². The smallest absolute Gasteiger partial charge is 0.343 e. The van der Waals surface area contributed by atoms with Crippen molar-refractivity contribution < 1.29 is 28.7 Å². The molecule has 26 heavy (non-hydrogen) atoms. The van der Waals surface area contributed by atoms with Crippen molar-refractivity contribution >= 4 is 17.4 Å². The van der Waals surface area contributed by atoms with Gasteiger partial charge in [-0.1, -0.05) is 0 Å². The molecule has 0 radical (unpaired) electrons. The Labute approximate surface area is 150 Å². The monoisotopic (exact) mass is 364 g/mol. The second kappa shape index (κ2) is 8.32. The van der Waals surface area contributed by atoms with E-state index >= 15 is 0 Å². The van der Waals surface area contributed by atoms with E-state index in [4.69, 9.17) is 14.2 Å². The van der Waals surface area contributed by atoms with E-state index in [0.717, 1.165) is 18.9 Å². The van der Waals surface area contributed by atoms with E-state index in [1.54, 1.807) is 6.92 Å². The molecule has 0 amide bonds. The Morgan fingerprint density at radius 2 is 1.92 bits per heavy atom. The molecule has 140 valence electrons. The fourth-order valence-electron chi connectivity index (χ4n) is 2.30. The normalized spacial score (nSPS) is 13.7. The molecule has 2 rings (SSSR count). The number of carbonyl (C=O) groups excluding carboxylic acids is 2. The summed E-state index contributed by atoms with van der Waals surface area (Å²) < 4.78 is 15.1. The Hall–Kier alpha value is -3.10. The number of nitrogens with one attached hydrogen (secondary N) is 1. The average Bonchev–Trinajstić information content (AvgIpc) is 3.44. The van der Waals surface area contributed by atoms with Crippen LogP contribution in [0.2, 0.25) is 0 Å². The lowest BCUT2D eigenvalue weighted by Gasteiger charge is -2.13. The van der Waals surface area contributed by atoms with Crippen molar-refractivity contribution in [2.45, 2.75) is 25.8 Å². The van der Waals surface area contributed by atoms with Gasteiger partial charge in [0.2, 0.25) is 11.5 Å². The minimum Gasteiger partial charge on any atom is -0.492 e. The molecule has 9 nitrogen and oxygen atoms in total. The molecule has 0 aromatic heterocycles. The lowest BCUT2D eigenvalue weighted by molar-refractivity contribution is -0.385. The van der Waals surface area contributed by atoms with Crippen molar-refractivity contribution in [1.82, 2.24) is 5.32 Å². The minimum atomic E-state index is -0.787. The number of nitrogens with zero attached hydrogens (tertiary/aromatic N) is 1. The van der Waals surface area contributed by atoms with Crippen LogP contribution in [-0.2, 0) is 9.53 Å². The first-order valence-corrected chi connectivity index (χ1v) is 8.01. The first-order valence-electron chi connectivity index (χ1n) is 8.01. The molecule has 0 bridgehead atoms. The number of carbonyl (C=O) groups is 2. The molecule has 0 aliphatic heterocycles. The molecular weight excluding hydrogens is 344 g/mol. The van der Waals surface area contributed by atoms with Gasteiger partial charge in [0.15, 0.2) is 5.75 Å². The van der Waals surface area contributed by atoms with Crippen LogP contribution < -0.4 is 14.8 Å². The summed E-state index contributed by atoms with van der Waals surface area (Å²) in [6.45, 7) is 1.73. The maximum atomic E-state index is 12.9. The third-order valence-electron chi connectivity index (χ3n) is 3.72. The van der Waals surface area contributed by atoms with Crippen molar-refractivity contribution in [2.75, 3.05) is 20.8 Å². The average molecular weight is 364 g/mol. The topological polar surface area (TPSA) is 117 Å². The summed E-state index contributed by atoms with van der Waals surface area (Å²) in [5, 5.41) is 14.1. The Bertz CT molecular complexity index is 754. The molecule has 1 N–H and O–H groups in total. The number of methoxy groups -OCH3 is 2. The van der Waals surface area contributed by atoms with Crippen LogP contribution in [0.5, 0.6) is 11.5 Å².